The van der Waals surface area contributed by atoms with E-state index in [2.05, 4.69) is 10.2 Å². The molecule has 3 aromatic rings. The SMILES string of the molecule is Cc1nnc(N2C(=O)C(=O)C(=C(O)c3ccc4c(c3)C[C@@H](C)O4)[C@@H]2c2cccs2)s1. The average Bonchev–Trinajstić information content (AvgIpc) is 3.48. The Balaban J connectivity index is 1.67. The zero-order valence-corrected chi connectivity index (χ0v) is 17.8. The maximum atomic E-state index is 13.0. The molecule has 1 N–H and O–H groups in total. The lowest BCUT2D eigenvalue weighted by Gasteiger charge is -2.21. The van der Waals surface area contributed by atoms with Gasteiger partial charge in [-0.25, -0.2) is 0 Å². The normalized spacial score (nSPS) is 22.4. The molecule has 7 nitrogen and oxygen atoms in total. The number of benzene rings is 1. The largest absolute Gasteiger partial charge is 0.507 e. The van der Waals surface area contributed by atoms with Gasteiger partial charge in [-0.3, -0.25) is 14.5 Å². The predicted molar refractivity (Wildman–Crippen MR) is 114 cm³/mol. The quantitative estimate of drug-likeness (QED) is 0.379. The molecule has 0 unspecified atom stereocenters. The number of carbonyl (C=O) groups excluding carboxylic acids is 2. The van der Waals surface area contributed by atoms with Gasteiger partial charge in [-0.05, 0) is 49.1 Å². The van der Waals surface area contributed by atoms with Crippen molar-refractivity contribution < 1.29 is 19.4 Å². The number of hydrogen-bond acceptors (Lipinski definition) is 8. The van der Waals surface area contributed by atoms with E-state index < -0.39 is 17.7 Å². The fourth-order valence-corrected chi connectivity index (χ4v) is 5.39. The molecule has 0 radical (unpaired) electrons. The monoisotopic (exact) mass is 439 g/mol. The van der Waals surface area contributed by atoms with E-state index in [4.69, 9.17) is 4.74 Å². The number of rotatable bonds is 3. The van der Waals surface area contributed by atoms with Crippen molar-refractivity contribution in [3.8, 4) is 5.75 Å². The van der Waals surface area contributed by atoms with Gasteiger partial charge < -0.3 is 9.84 Å². The molecular weight excluding hydrogens is 422 g/mol. The highest BCUT2D eigenvalue weighted by atomic mass is 32.1. The molecule has 2 aromatic heterocycles. The van der Waals surface area contributed by atoms with Gasteiger partial charge >= 0.3 is 5.91 Å². The number of hydrogen-bond donors (Lipinski definition) is 1. The number of amides is 1. The Bertz CT molecular complexity index is 1200. The highest BCUT2D eigenvalue weighted by molar-refractivity contribution is 7.15. The number of carbonyl (C=O) groups is 2. The van der Waals surface area contributed by atoms with Gasteiger partial charge in [-0.1, -0.05) is 17.4 Å². The summed E-state index contributed by atoms with van der Waals surface area (Å²) >= 11 is 2.64. The molecule has 30 heavy (non-hydrogen) atoms. The third-order valence-electron chi connectivity index (χ3n) is 5.15. The summed E-state index contributed by atoms with van der Waals surface area (Å²) in [5.41, 5.74) is 1.51. The number of Topliss-reactive ketones (excluding diaryl/α,β-unsaturated/α-hetero) is 1. The topological polar surface area (TPSA) is 92.6 Å². The maximum Gasteiger partial charge on any atom is 0.301 e. The molecule has 4 heterocycles. The summed E-state index contributed by atoms with van der Waals surface area (Å²) in [6.07, 6.45) is 0.790. The summed E-state index contributed by atoms with van der Waals surface area (Å²) in [5, 5.41) is 22.1. The van der Waals surface area contributed by atoms with E-state index in [-0.39, 0.29) is 17.4 Å². The van der Waals surface area contributed by atoms with Crippen LogP contribution < -0.4 is 9.64 Å². The highest BCUT2D eigenvalue weighted by Gasteiger charge is 2.48. The number of nitrogens with zero attached hydrogens (tertiary/aromatic N) is 3. The third kappa shape index (κ3) is 2.93. The van der Waals surface area contributed by atoms with Gasteiger partial charge in [-0.15, -0.1) is 21.5 Å². The van der Waals surface area contributed by atoms with Crippen LogP contribution in [0, 0.1) is 6.92 Å². The first-order chi connectivity index (χ1) is 14.4. The Hall–Kier alpha value is -3.04. The molecule has 1 amide bonds. The molecule has 0 spiro atoms. The van der Waals surface area contributed by atoms with E-state index in [1.165, 1.54) is 27.6 Å². The summed E-state index contributed by atoms with van der Waals surface area (Å²) in [7, 11) is 0. The predicted octanol–water partition coefficient (Wildman–Crippen LogP) is 3.86. The number of aliphatic hydroxyl groups is 1. The fourth-order valence-electron chi connectivity index (χ4n) is 3.85. The second kappa shape index (κ2) is 7.03. The minimum atomic E-state index is -0.749. The molecule has 5 rings (SSSR count). The van der Waals surface area contributed by atoms with Crippen molar-refractivity contribution in [3.63, 3.8) is 0 Å². The number of ketones is 1. The van der Waals surface area contributed by atoms with Crippen molar-refractivity contribution in [2.45, 2.75) is 32.4 Å². The summed E-state index contributed by atoms with van der Waals surface area (Å²) in [5.74, 6) is -0.871. The molecule has 1 aromatic carbocycles. The van der Waals surface area contributed by atoms with E-state index in [9.17, 15) is 14.7 Å². The zero-order valence-electron chi connectivity index (χ0n) is 16.2. The number of aliphatic hydroxyl groups excluding tert-OH is 1. The third-order valence-corrected chi connectivity index (χ3v) is 6.91. The number of fused-ring (bicyclic) bond motifs is 1. The maximum absolute atomic E-state index is 13.0. The molecule has 0 bridgehead atoms. The second-order valence-corrected chi connectivity index (χ2v) is 9.38. The first-order valence-corrected chi connectivity index (χ1v) is 11.1. The number of aromatic nitrogens is 2. The van der Waals surface area contributed by atoms with Crippen molar-refractivity contribution in [2.75, 3.05) is 4.90 Å². The number of ether oxygens (including phenoxy) is 1. The lowest BCUT2D eigenvalue weighted by Crippen LogP contribution is -2.29. The molecule has 1 fully saturated rings. The first-order valence-electron chi connectivity index (χ1n) is 9.38. The summed E-state index contributed by atoms with van der Waals surface area (Å²) in [4.78, 5) is 28.1. The molecule has 2 aliphatic rings. The van der Waals surface area contributed by atoms with Crippen molar-refractivity contribution in [1.82, 2.24) is 10.2 Å². The number of thiophene rings is 1. The lowest BCUT2D eigenvalue weighted by molar-refractivity contribution is -0.132. The van der Waals surface area contributed by atoms with Gasteiger partial charge in [0.05, 0.1) is 5.57 Å². The Morgan fingerprint density at radius 1 is 1.27 bits per heavy atom. The van der Waals surface area contributed by atoms with E-state index in [0.717, 1.165) is 22.6 Å². The second-order valence-electron chi connectivity index (χ2n) is 7.24. The van der Waals surface area contributed by atoms with Gasteiger partial charge in [0.1, 0.15) is 28.7 Å². The van der Waals surface area contributed by atoms with Crippen LogP contribution in [0.2, 0.25) is 0 Å². The van der Waals surface area contributed by atoms with Crippen LogP contribution in [0.15, 0.2) is 41.3 Å². The van der Waals surface area contributed by atoms with Gasteiger partial charge in [0.25, 0.3) is 5.78 Å². The highest BCUT2D eigenvalue weighted by Crippen LogP contribution is 2.44. The van der Waals surface area contributed by atoms with Crippen LogP contribution in [0.4, 0.5) is 5.13 Å². The Kier molecular flexibility index (Phi) is 4.44. The smallest absolute Gasteiger partial charge is 0.301 e. The van der Waals surface area contributed by atoms with Crippen molar-refractivity contribution >= 4 is 45.3 Å². The molecule has 1 saturated heterocycles. The standard InChI is InChI=1S/C21H17N3O4S2/c1-10-8-13-9-12(5-6-14(13)28-10)18(25)16-17(15-4-3-7-29-15)24(20(27)19(16)26)21-23-22-11(2)30-21/h3-7,9-10,17,25H,8H2,1-2H3/t10-,17+/m1/s1. The van der Waals surface area contributed by atoms with Crippen molar-refractivity contribution in [3.05, 3.63) is 62.3 Å². The minimum absolute atomic E-state index is 0.0576. The van der Waals surface area contributed by atoms with Crippen molar-refractivity contribution in [1.29, 1.82) is 0 Å². The van der Waals surface area contributed by atoms with Gasteiger partial charge in [0.2, 0.25) is 5.13 Å². The van der Waals surface area contributed by atoms with Crippen molar-refractivity contribution in [2.24, 2.45) is 0 Å². The van der Waals surface area contributed by atoms with Crippen LogP contribution in [-0.4, -0.2) is 33.1 Å². The van der Waals surface area contributed by atoms with Crippen LogP contribution in [0.1, 0.15) is 34.0 Å². The minimum Gasteiger partial charge on any atom is -0.507 e. The van der Waals surface area contributed by atoms with E-state index in [0.29, 0.717) is 15.7 Å². The van der Waals surface area contributed by atoms with Crippen LogP contribution in [0.25, 0.3) is 5.76 Å². The first kappa shape index (κ1) is 19.0. The number of aryl methyl sites for hydroxylation is 1. The molecule has 9 heteroatoms. The Morgan fingerprint density at radius 3 is 2.80 bits per heavy atom. The molecule has 152 valence electrons. The molecular formula is C21H17N3O4S2. The summed E-state index contributed by atoms with van der Waals surface area (Å²) in [6.45, 7) is 3.76. The Morgan fingerprint density at radius 2 is 2.10 bits per heavy atom. The van der Waals surface area contributed by atoms with E-state index in [1.54, 1.807) is 19.1 Å². The van der Waals surface area contributed by atoms with Gasteiger partial charge in [0, 0.05) is 16.9 Å². The molecule has 2 atom stereocenters. The van der Waals surface area contributed by atoms with E-state index >= 15 is 0 Å². The van der Waals surface area contributed by atoms with Gasteiger partial charge in [-0.2, -0.15) is 0 Å². The van der Waals surface area contributed by atoms with Crippen LogP contribution >= 0.6 is 22.7 Å². The summed E-state index contributed by atoms with van der Waals surface area (Å²) < 4.78 is 5.72. The van der Waals surface area contributed by atoms with Crippen LogP contribution in [0.3, 0.4) is 0 Å². The Labute approximate surface area is 180 Å². The van der Waals surface area contributed by atoms with Crippen LogP contribution in [-0.2, 0) is 16.0 Å². The lowest BCUT2D eigenvalue weighted by atomic mass is 9.98. The molecule has 0 aliphatic carbocycles. The summed E-state index contributed by atoms with van der Waals surface area (Å²) in [6, 6.07) is 8.26. The molecule has 0 saturated carbocycles. The average molecular weight is 440 g/mol. The van der Waals surface area contributed by atoms with Crippen LogP contribution in [0.5, 0.6) is 5.75 Å². The van der Waals surface area contributed by atoms with E-state index in [1.807, 2.05) is 30.5 Å². The number of anilines is 1. The van der Waals surface area contributed by atoms with Gasteiger partial charge in [0.15, 0.2) is 0 Å². The zero-order chi connectivity index (χ0) is 21.0. The fraction of sp³-hybridized carbons (Fsp3) is 0.238. The molecule has 2 aliphatic heterocycles.